The topological polar surface area (TPSA) is 85.2 Å². The van der Waals surface area contributed by atoms with E-state index >= 15 is 0 Å². The molecule has 8 nitrogen and oxygen atoms in total. The number of hydrogen-bond donors (Lipinski definition) is 1. The molecule has 2 saturated heterocycles. The number of ether oxygens (including phenoxy) is 2. The standard InChI is InChI=1S/C22H26N4O4S2/c1-2-29-11-6-9-23-19-16(20(27)25-10-4-3-8-18(25)24-19)13-17-21(28)26(22(31)32-17)14-15-7-5-12-30-15/h3-4,8,10,13,15,23H,2,5-7,9,11-12,14H2,1H3. The Bertz CT molecular complexity index is 1100. The van der Waals surface area contributed by atoms with Crippen molar-refractivity contribution in [3.63, 3.8) is 0 Å². The molecule has 1 amide bonds. The summed E-state index contributed by atoms with van der Waals surface area (Å²) < 4.78 is 13.0. The van der Waals surface area contributed by atoms with E-state index in [1.807, 2.05) is 13.0 Å². The number of hydrogen-bond acceptors (Lipinski definition) is 8. The number of thiocarbonyl (C=S) groups is 1. The molecule has 1 N–H and O–H groups in total. The van der Waals surface area contributed by atoms with Crippen molar-refractivity contribution in [1.29, 1.82) is 0 Å². The van der Waals surface area contributed by atoms with Crippen LogP contribution in [0.1, 0.15) is 31.7 Å². The average molecular weight is 475 g/mol. The highest BCUT2D eigenvalue weighted by molar-refractivity contribution is 8.26. The van der Waals surface area contributed by atoms with Crippen molar-refractivity contribution < 1.29 is 14.3 Å². The number of rotatable bonds is 9. The van der Waals surface area contributed by atoms with E-state index in [0.717, 1.165) is 19.3 Å². The summed E-state index contributed by atoms with van der Waals surface area (Å²) in [6, 6.07) is 5.38. The third-order valence-corrected chi connectivity index (χ3v) is 6.67. The van der Waals surface area contributed by atoms with Crippen LogP contribution < -0.4 is 10.9 Å². The van der Waals surface area contributed by atoms with Crippen molar-refractivity contribution in [2.24, 2.45) is 0 Å². The zero-order valence-electron chi connectivity index (χ0n) is 17.9. The lowest BCUT2D eigenvalue weighted by Crippen LogP contribution is -2.35. The lowest BCUT2D eigenvalue weighted by atomic mass is 10.2. The second-order valence-electron chi connectivity index (χ2n) is 7.51. The van der Waals surface area contributed by atoms with Crippen LogP contribution in [0.5, 0.6) is 0 Å². The highest BCUT2D eigenvalue weighted by Gasteiger charge is 2.35. The third kappa shape index (κ3) is 5.03. The van der Waals surface area contributed by atoms with E-state index in [1.165, 1.54) is 16.2 Å². The minimum absolute atomic E-state index is 0.00683. The van der Waals surface area contributed by atoms with Crippen LogP contribution >= 0.6 is 24.0 Å². The van der Waals surface area contributed by atoms with Crippen LogP contribution in [0.2, 0.25) is 0 Å². The molecule has 1 atom stereocenters. The van der Waals surface area contributed by atoms with E-state index in [-0.39, 0.29) is 17.6 Å². The number of carbonyl (C=O) groups is 1. The molecule has 0 bridgehead atoms. The van der Waals surface area contributed by atoms with Gasteiger partial charge in [-0.25, -0.2) is 4.98 Å². The highest BCUT2D eigenvalue weighted by atomic mass is 32.2. The van der Waals surface area contributed by atoms with Gasteiger partial charge in [0.15, 0.2) is 0 Å². The minimum atomic E-state index is -0.243. The van der Waals surface area contributed by atoms with Gasteiger partial charge in [-0.05, 0) is 44.4 Å². The van der Waals surface area contributed by atoms with Crippen LogP contribution in [0.25, 0.3) is 11.7 Å². The molecule has 2 aliphatic heterocycles. The summed E-state index contributed by atoms with van der Waals surface area (Å²) in [7, 11) is 0. The quantitative estimate of drug-likeness (QED) is 0.337. The van der Waals surface area contributed by atoms with Crippen molar-refractivity contribution >= 4 is 51.7 Å². The molecule has 0 aromatic carbocycles. The molecular formula is C22H26N4O4S2. The van der Waals surface area contributed by atoms with E-state index in [4.69, 9.17) is 21.7 Å². The SMILES string of the molecule is CCOCCCNc1nc2ccccn2c(=O)c1C=C1SC(=S)N(CC2CCCO2)C1=O. The molecule has 0 saturated carbocycles. The molecule has 0 aliphatic carbocycles. The Morgan fingerprint density at radius 3 is 3.06 bits per heavy atom. The first kappa shape index (κ1) is 22.9. The Hall–Kier alpha value is -2.27. The predicted molar refractivity (Wildman–Crippen MR) is 130 cm³/mol. The van der Waals surface area contributed by atoms with Crippen LogP contribution in [0.4, 0.5) is 5.82 Å². The molecule has 2 aliphatic rings. The molecule has 2 fully saturated rings. The summed E-state index contributed by atoms with van der Waals surface area (Å²) in [6.45, 7) is 4.98. The molecule has 4 heterocycles. The number of anilines is 1. The maximum absolute atomic E-state index is 13.2. The molecule has 2 aromatic rings. The van der Waals surface area contributed by atoms with Crippen molar-refractivity contribution in [1.82, 2.24) is 14.3 Å². The molecule has 170 valence electrons. The fraction of sp³-hybridized carbons (Fsp3) is 0.455. The third-order valence-electron chi connectivity index (χ3n) is 5.29. The van der Waals surface area contributed by atoms with E-state index in [2.05, 4.69) is 10.3 Å². The first-order chi connectivity index (χ1) is 15.6. The Kier molecular flexibility index (Phi) is 7.56. The summed E-state index contributed by atoms with van der Waals surface area (Å²) in [5.74, 6) is 0.248. The predicted octanol–water partition coefficient (Wildman–Crippen LogP) is 2.91. The van der Waals surface area contributed by atoms with Gasteiger partial charge in [-0.15, -0.1) is 0 Å². The van der Waals surface area contributed by atoms with Gasteiger partial charge in [0.1, 0.15) is 15.8 Å². The van der Waals surface area contributed by atoms with E-state index < -0.39 is 0 Å². The van der Waals surface area contributed by atoms with E-state index in [1.54, 1.807) is 29.3 Å². The van der Waals surface area contributed by atoms with Gasteiger partial charge in [0.05, 0.1) is 23.1 Å². The van der Waals surface area contributed by atoms with Crippen LogP contribution in [0, 0.1) is 0 Å². The molecule has 0 spiro atoms. The Labute approximate surface area is 196 Å². The van der Waals surface area contributed by atoms with Crippen molar-refractivity contribution in [3.05, 3.63) is 45.2 Å². The second-order valence-corrected chi connectivity index (χ2v) is 9.19. The molecule has 10 heteroatoms. The average Bonchev–Trinajstić information content (AvgIpc) is 3.40. The number of aromatic nitrogens is 2. The van der Waals surface area contributed by atoms with Crippen LogP contribution in [-0.2, 0) is 14.3 Å². The second kappa shape index (κ2) is 10.6. The van der Waals surface area contributed by atoms with E-state index in [9.17, 15) is 9.59 Å². The molecule has 1 unspecified atom stereocenters. The van der Waals surface area contributed by atoms with Crippen molar-refractivity contribution in [3.8, 4) is 0 Å². The van der Waals surface area contributed by atoms with Gasteiger partial charge in [-0.3, -0.25) is 18.9 Å². The summed E-state index contributed by atoms with van der Waals surface area (Å²) >= 11 is 6.65. The normalized spacial score (nSPS) is 20.1. The number of fused-ring (bicyclic) bond motifs is 1. The first-order valence-corrected chi connectivity index (χ1v) is 12.0. The maximum atomic E-state index is 13.2. The maximum Gasteiger partial charge on any atom is 0.267 e. The summed E-state index contributed by atoms with van der Waals surface area (Å²) in [5.41, 5.74) is 0.628. The van der Waals surface area contributed by atoms with Gasteiger partial charge < -0.3 is 14.8 Å². The van der Waals surface area contributed by atoms with Gasteiger partial charge in [-0.1, -0.05) is 30.0 Å². The first-order valence-electron chi connectivity index (χ1n) is 10.8. The van der Waals surface area contributed by atoms with Gasteiger partial charge in [0, 0.05) is 32.6 Å². The van der Waals surface area contributed by atoms with Crippen LogP contribution in [0.15, 0.2) is 34.1 Å². The number of nitrogens with zero attached hydrogens (tertiary/aromatic N) is 3. The fourth-order valence-corrected chi connectivity index (χ4v) is 4.93. The summed E-state index contributed by atoms with van der Waals surface area (Å²) in [5, 5.41) is 3.24. The Balaban J connectivity index is 1.63. The monoisotopic (exact) mass is 474 g/mol. The van der Waals surface area contributed by atoms with Gasteiger partial charge in [-0.2, -0.15) is 0 Å². The Morgan fingerprint density at radius 2 is 2.28 bits per heavy atom. The lowest BCUT2D eigenvalue weighted by molar-refractivity contribution is -0.123. The highest BCUT2D eigenvalue weighted by Crippen LogP contribution is 2.34. The number of carbonyl (C=O) groups excluding carboxylic acids is 1. The van der Waals surface area contributed by atoms with Crippen molar-refractivity contribution in [2.75, 3.05) is 38.2 Å². The smallest absolute Gasteiger partial charge is 0.267 e. The van der Waals surface area contributed by atoms with Gasteiger partial charge in [0.2, 0.25) is 0 Å². The fourth-order valence-electron chi connectivity index (χ4n) is 3.67. The van der Waals surface area contributed by atoms with Crippen molar-refractivity contribution in [2.45, 2.75) is 32.3 Å². The zero-order valence-corrected chi connectivity index (χ0v) is 19.5. The Morgan fingerprint density at radius 1 is 1.41 bits per heavy atom. The largest absolute Gasteiger partial charge is 0.382 e. The minimum Gasteiger partial charge on any atom is -0.382 e. The lowest BCUT2D eigenvalue weighted by Gasteiger charge is -2.18. The molecule has 4 rings (SSSR count). The number of amides is 1. The number of thioether (sulfide) groups is 1. The zero-order chi connectivity index (χ0) is 22.5. The van der Waals surface area contributed by atoms with Gasteiger partial charge >= 0.3 is 0 Å². The molecular weight excluding hydrogens is 448 g/mol. The summed E-state index contributed by atoms with van der Waals surface area (Å²) in [4.78, 5) is 32.9. The van der Waals surface area contributed by atoms with Crippen LogP contribution in [-0.4, -0.2) is 63.5 Å². The number of pyridine rings is 1. The molecule has 2 aromatic heterocycles. The van der Waals surface area contributed by atoms with Crippen LogP contribution in [0.3, 0.4) is 0 Å². The van der Waals surface area contributed by atoms with Gasteiger partial charge in [0.25, 0.3) is 11.5 Å². The summed E-state index contributed by atoms with van der Waals surface area (Å²) in [6.07, 6.45) is 5.96. The van der Waals surface area contributed by atoms with E-state index in [0.29, 0.717) is 59.2 Å². The molecule has 32 heavy (non-hydrogen) atoms. The molecule has 0 radical (unpaired) electrons. The number of nitrogens with one attached hydrogen (secondary N) is 1.